The molecule has 0 aromatic heterocycles. The van der Waals surface area contributed by atoms with Gasteiger partial charge in [-0.15, -0.1) is 0 Å². The molecule has 0 saturated carbocycles. The third-order valence-electron chi connectivity index (χ3n) is 4.49. The number of aryl methyl sites for hydroxylation is 1. The standard InChI is InChI=1S/C17H28N2/c1-13-8-7-9-15(14(13)2)19-12-16(3,4)18-11-10-17(19,5)6/h7-9,18H,10-12H2,1-6H3. The molecule has 0 unspecified atom stereocenters. The summed E-state index contributed by atoms with van der Waals surface area (Å²) in [4.78, 5) is 2.59. The summed E-state index contributed by atoms with van der Waals surface area (Å²) in [6.07, 6.45) is 1.17. The van der Waals surface area contributed by atoms with Gasteiger partial charge in [-0.25, -0.2) is 0 Å². The van der Waals surface area contributed by atoms with Gasteiger partial charge in [-0.3, -0.25) is 0 Å². The first kappa shape index (κ1) is 14.4. The maximum absolute atomic E-state index is 3.67. The van der Waals surface area contributed by atoms with Crippen molar-refractivity contribution in [2.24, 2.45) is 0 Å². The third kappa shape index (κ3) is 2.94. The number of anilines is 1. The van der Waals surface area contributed by atoms with E-state index < -0.39 is 0 Å². The zero-order valence-electron chi connectivity index (χ0n) is 13.3. The molecule has 0 spiro atoms. The van der Waals surface area contributed by atoms with Crippen LogP contribution in [0.2, 0.25) is 0 Å². The van der Waals surface area contributed by atoms with Gasteiger partial charge in [0.2, 0.25) is 0 Å². The molecule has 0 atom stereocenters. The van der Waals surface area contributed by atoms with E-state index in [9.17, 15) is 0 Å². The Balaban J connectivity index is 2.46. The molecule has 1 aliphatic rings. The van der Waals surface area contributed by atoms with E-state index in [0.29, 0.717) is 0 Å². The van der Waals surface area contributed by atoms with E-state index in [1.165, 1.54) is 23.2 Å². The Bertz CT molecular complexity index is 460. The molecular formula is C17H28N2. The Morgan fingerprint density at radius 2 is 1.79 bits per heavy atom. The lowest BCUT2D eigenvalue weighted by Crippen LogP contribution is -2.51. The summed E-state index contributed by atoms with van der Waals surface area (Å²) >= 11 is 0. The Kier molecular flexibility index (Phi) is 3.65. The van der Waals surface area contributed by atoms with Crippen LogP contribution in [0.4, 0.5) is 5.69 Å². The molecule has 0 bridgehead atoms. The van der Waals surface area contributed by atoms with Crippen molar-refractivity contribution in [3.63, 3.8) is 0 Å². The summed E-state index contributed by atoms with van der Waals surface area (Å²) in [5, 5.41) is 3.67. The Morgan fingerprint density at radius 3 is 2.47 bits per heavy atom. The second kappa shape index (κ2) is 4.82. The maximum atomic E-state index is 3.67. The van der Waals surface area contributed by atoms with E-state index in [1.807, 2.05) is 0 Å². The van der Waals surface area contributed by atoms with E-state index >= 15 is 0 Å². The van der Waals surface area contributed by atoms with Gasteiger partial charge >= 0.3 is 0 Å². The predicted octanol–water partition coefficient (Wildman–Crippen LogP) is 3.66. The lowest BCUT2D eigenvalue weighted by molar-refractivity contribution is 0.409. The molecule has 2 rings (SSSR count). The monoisotopic (exact) mass is 260 g/mol. The van der Waals surface area contributed by atoms with Crippen LogP contribution in [-0.4, -0.2) is 24.2 Å². The number of nitrogens with one attached hydrogen (secondary N) is 1. The highest BCUT2D eigenvalue weighted by molar-refractivity contribution is 5.58. The van der Waals surface area contributed by atoms with Crippen LogP contribution in [0.3, 0.4) is 0 Å². The van der Waals surface area contributed by atoms with Crippen molar-refractivity contribution in [3.05, 3.63) is 29.3 Å². The number of hydrogen-bond donors (Lipinski definition) is 1. The lowest BCUT2D eigenvalue weighted by Gasteiger charge is -2.42. The molecule has 0 aliphatic carbocycles. The topological polar surface area (TPSA) is 15.3 Å². The summed E-state index contributed by atoms with van der Waals surface area (Å²) in [7, 11) is 0. The minimum absolute atomic E-state index is 0.157. The summed E-state index contributed by atoms with van der Waals surface area (Å²) < 4.78 is 0. The second-order valence-electron chi connectivity index (χ2n) is 7.18. The fraction of sp³-hybridized carbons (Fsp3) is 0.647. The van der Waals surface area contributed by atoms with Gasteiger partial charge in [-0.1, -0.05) is 12.1 Å². The molecule has 2 heteroatoms. The maximum Gasteiger partial charge on any atom is 0.0403 e. The fourth-order valence-corrected chi connectivity index (χ4v) is 2.95. The van der Waals surface area contributed by atoms with Crippen molar-refractivity contribution in [3.8, 4) is 0 Å². The molecule has 1 N–H and O–H groups in total. The van der Waals surface area contributed by atoms with Gasteiger partial charge in [0.1, 0.15) is 0 Å². The van der Waals surface area contributed by atoms with Crippen LogP contribution in [0, 0.1) is 13.8 Å². The lowest BCUT2D eigenvalue weighted by atomic mass is 9.94. The molecule has 19 heavy (non-hydrogen) atoms. The number of hydrogen-bond acceptors (Lipinski definition) is 2. The van der Waals surface area contributed by atoms with E-state index in [-0.39, 0.29) is 11.1 Å². The zero-order chi connectivity index (χ0) is 14.3. The Labute approximate surface area is 118 Å². The van der Waals surface area contributed by atoms with Crippen LogP contribution in [0.25, 0.3) is 0 Å². The van der Waals surface area contributed by atoms with Gasteiger partial charge in [0.25, 0.3) is 0 Å². The van der Waals surface area contributed by atoms with Crippen LogP contribution < -0.4 is 10.2 Å². The highest BCUT2D eigenvalue weighted by atomic mass is 15.2. The van der Waals surface area contributed by atoms with E-state index in [4.69, 9.17) is 0 Å². The van der Waals surface area contributed by atoms with Gasteiger partial charge in [0.15, 0.2) is 0 Å². The quantitative estimate of drug-likeness (QED) is 0.829. The smallest absolute Gasteiger partial charge is 0.0403 e. The second-order valence-corrected chi connectivity index (χ2v) is 7.18. The van der Waals surface area contributed by atoms with Crippen LogP contribution >= 0.6 is 0 Å². The van der Waals surface area contributed by atoms with Gasteiger partial charge in [0, 0.05) is 23.3 Å². The molecule has 1 saturated heterocycles. The summed E-state index contributed by atoms with van der Waals surface area (Å²) in [5.74, 6) is 0. The Hall–Kier alpha value is -1.02. The third-order valence-corrected chi connectivity index (χ3v) is 4.49. The summed E-state index contributed by atoms with van der Waals surface area (Å²) in [5.41, 5.74) is 4.53. The molecule has 0 amide bonds. The predicted molar refractivity (Wildman–Crippen MR) is 84.0 cm³/mol. The summed E-state index contributed by atoms with van der Waals surface area (Å²) in [6, 6.07) is 6.65. The van der Waals surface area contributed by atoms with E-state index in [0.717, 1.165) is 13.1 Å². The number of rotatable bonds is 1. The molecule has 1 aliphatic heterocycles. The van der Waals surface area contributed by atoms with Crippen LogP contribution in [0.15, 0.2) is 18.2 Å². The first-order valence-corrected chi connectivity index (χ1v) is 7.32. The highest BCUT2D eigenvalue weighted by Gasteiger charge is 2.35. The normalized spacial score (nSPS) is 22.1. The van der Waals surface area contributed by atoms with Gasteiger partial charge in [-0.05, 0) is 71.7 Å². The molecule has 1 aromatic carbocycles. The van der Waals surface area contributed by atoms with Gasteiger partial charge < -0.3 is 10.2 Å². The van der Waals surface area contributed by atoms with E-state index in [2.05, 4.69) is 70.0 Å². The molecular weight excluding hydrogens is 232 g/mol. The van der Waals surface area contributed by atoms with Gasteiger partial charge in [0.05, 0.1) is 0 Å². The van der Waals surface area contributed by atoms with Crippen molar-refractivity contribution >= 4 is 5.69 Å². The first-order chi connectivity index (χ1) is 8.73. The fourth-order valence-electron chi connectivity index (χ4n) is 2.95. The first-order valence-electron chi connectivity index (χ1n) is 7.32. The van der Waals surface area contributed by atoms with Crippen molar-refractivity contribution < 1.29 is 0 Å². The van der Waals surface area contributed by atoms with Gasteiger partial charge in [-0.2, -0.15) is 0 Å². The molecule has 1 aromatic rings. The van der Waals surface area contributed by atoms with Crippen molar-refractivity contribution in [1.82, 2.24) is 5.32 Å². The average molecular weight is 260 g/mol. The Morgan fingerprint density at radius 1 is 1.11 bits per heavy atom. The zero-order valence-corrected chi connectivity index (χ0v) is 13.3. The summed E-state index contributed by atoms with van der Waals surface area (Å²) in [6.45, 7) is 15.9. The minimum atomic E-state index is 0.157. The van der Waals surface area contributed by atoms with Crippen molar-refractivity contribution in [2.75, 3.05) is 18.0 Å². The number of benzene rings is 1. The SMILES string of the molecule is Cc1cccc(N2CC(C)(C)NCCC2(C)C)c1C. The highest BCUT2D eigenvalue weighted by Crippen LogP contribution is 2.33. The largest absolute Gasteiger partial charge is 0.364 e. The van der Waals surface area contributed by atoms with Crippen LogP contribution in [0.5, 0.6) is 0 Å². The molecule has 1 fully saturated rings. The molecule has 106 valence electrons. The molecule has 0 radical (unpaired) electrons. The van der Waals surface area contributed by atoms with Crippen molar-refractivity contribution in [1.29, 1.82) is 0 Å². The molecule has 2 nitrogen and oxygen atoms in total. The minimum Gasteiger partial charge on any atom is -0.364 e. The van der Waals surface area contributed by atoms with Crippen LogP contribution in [-0.2, 0) is 0 Å². The van der Waals surface area contributed by atoms with Crippen LogP contribution in [0.1, 0.15) is 45.2 Å². The number of nitrogens with zero attached hydrogens (tertiary/aromatic N) is 1. The average Bonchev–Trinajstić information content (AvgIpc) is 2.39. The van der Waals surface area contributed by atoms with E-state index in [1.54, 1.807) is 0 Å². The van der Waals surface area contributed by atoms with Crippen molar-refractivity contribution in [2.45, 2.75) is 59.0 Å². The molecule has 1 heterocycles.